The molecule has 0 spiro atoms. The lowest BCUT2D eigenvalue weighted by Crippen LogP contribution is -2.32. The summed E-state index contributed by atoms with van der Waals surface area (Å²) in [7, 11) is -2.26. The molecule has 0 heterocycles. The molecule has 0 aliphatic heterocycles. The Balaban J connectivity index is 0.00000400. The van der Waals surface area contributed by atoms with Gasteiger partial charge in [0.2, 0.25) is 10.0 Å². The highest BCUT2D eigenvalue weighted by Crippen LogP contribution is 2.10. The Kier molecular flexibility index (Phi) is 9.19. The number of benzene rings is 1. The molecule has 0 saturated heterocycles. The van der Waals surface area contributed by atoms with E-state index in [2.05, 4.69) is 14.8 Å². The highest BCUT2D eigenvalue weighted by molar-refractivity contribution is 7.89. The predicted octanol–water partition coefficient (Wildman–Crippen LogP) is 1.17. The Morgan fingerprint density at radius 1 is 1.14 bits per heavy atom. The third-order valence-corrected chi connectivity index (χ3v) is 4.08. The lowest BCUT2D eigenvalue weighted by atomic mass is 10.2. The van der Waals surface area contributed by atoms with Crippen LogP contribution in [0.3, 0.4) is 0 Å². The van der Waals surface area contributed by atoms with Crippen molar-refractivity contribution in [3.05, 3.63) is 29.8 Å². The zero-order valence-electron chi connectivity index (χ0n) is 12.1. The van der Waals surface area contributed by atoms with Gasteiger partial charge in [0.1, 0.15) is 0 Å². The standard InChI is InChI=1S/C13H20N2O4S.ClH/c1-3-8-14-9-10-15-20(17,18)12-6-4-11(5-7-12)13(16)19-2;/h4-7,14-15H,3,8-10H2,1-2H3;1H. The van der Waals surface area contributed by atoms with E-state index < -0.39 is 16.0 Å². The van der Waals surface area contributed by atoms with E-state index in [0.717, 1.165) is 13.0 Å². The third kappa shape index (κ3) is 6.43. The van der Waals surface area contributed by atoms with Gasteiger partial charge < -0.3 is 10.1 Å². The maximum absolute atomic E-state index is 12.0. The molecule has 0 aliphatic rings. The summed E-state index contributed by atoms with van der Waals surface area (Å²) in [6, 6.07) is 5.62. The van der Waals surface area contributed by atoms with E-state index in [1.54, 1.807) is 0 Å². The average Bonchev–Trinajstić information content (AvgIpc) is 2.46. The van der Waals surface area contributed by atoms with Crippen molar-refractivity contribution in [3.8, 4) is 0 Å². The molecule has 0 aromatic heterocycles. The van der Waals surface area contributed by atoms with Crippen molar-refractivity contribution in [1.29, 1.82) is 0 Å². The molecule has 120 valence electrons. The number of methoxy groups -OCH3 is 1. The number of nitrogens with one attached hydrogen (secondary N) is 2. The number of hydrogen-bond acceptors (Lipinski definition) is 5. The van der Waals surface area contributed by atoms with Crippen LogP contribution in [0, 0.1) is 0 Å². The minimum Gasteiger partial charge on any atom is -0.465 e. The zero-order valence-corrected chi connectivity index (χ0v) is 13.7. The van der Waals surface area contributed by atoms with Crippen LogP contribution in [0.2, 0.25) is 0 Å². The second-order valence-corrected chi connectivity index (χ2v) is 5.93. The van der Waals surface area contributed by atoms with Crippen LogP contribution in [0.5, 0.6) is 0 Å². The molecule has 0 atom stereocenters. The topological polar surface area (TPSA) is 84.5 Å². The highest BCUT2D eigenvalue weighted by Gasteiger charge is 2.14. The van der Waals surface area contributed by atoms with Gasteiger partial charge in [-0.3, -0.25) is 0 Å². The number of carbonyl (C=O) groups excluding carboxylic acids is 1. The number of rotatable bonds is 8. The number of ether oxygens (including phenoxy) is 1. The molecule has 0 unspecified atom stereocenters. The molecule has 1 aromatic carbocycles. The first kappa shape index (κ1) is 19.9. The summed E-state index contributed by atoms with van der Waals surface area (Å²) in [4.78, 5) is 11.4. The SMILES string of the molecule is CCCNCCNS(=O)(=O)c1ccc(C(=O)OC)cc1.Cl. The van der Waals surface area contributed by atoms with Gasteiger partial charge in [-0.05, 0) is 37.2 Å². The zero-order chi connectivity index (χ0) is 15.0. The Labute approximate surface area is 131 Å². The van der Waals surface area contributed by atoms with E-state index in [9.17, 15) is 13.2 Å². The first-order valence-electron chi connectivity index (χ1n) is 6.40. The highest BCUT2D eigenvalue weighted by atomic mass is 35.5. The van der Waals surface area contributed by atoms with E-state index in [-0.39, 0.29) is 17.3 Å². The molecule has 0 aliphatic carbocycles. The maximum Gasteiger partial charge on any atom is 0.337 e. The lowest BCUT2D eigenvalue weighted by Gasteiger charge is -2.08. The van der Waals surface area contributed by atoms with Crippen LogP contribution in [0.15, 0.2) is 29.2 Å². The first-order valence-corrected chi connectivity index (χ1v) is 7.88. The maximum atomic E-state index is 12.0. The van der Waals surface area contributed by atoms with Gasteiger partial charge >= 0.3 is 5.97 Å². The van der Waals surface area contributed by atoms with E-state index in [1.807, 2.05) is 6.92 Å². The second kappa shape index (κ2) is 9.73. The Hall–Kier alpha value is -1.15. The van der Waals surface area contributed by atoms with Crippen molar-refractivity contribution >= 4 is 28.4 Å². The van der Waals surface area contributed by atoms with Gasteiger partial charge in [-0.25, -0.2) is 17.9 Å². The summed E-state index contributed by atoms with van der Waals surface area (Å²) in [6.07, 6.45) is 1.00. The molecule has 1 rings (SSSR count). The van der Waals surface area contributed by atoms with Gasteiger partial charge in [0.25, 0.3) is 0 Å². The minimum absolute atomic E-state index is 0. The molecular formula is C13H21ClN2O4S. The fraction of sp³-hybridized carbons (Fsp3) is 0.462. The van der Waals surface area contributed by atoms with Gasteiger partial charge in [0, 0.05) is 13.1 Å². The quantitative estimate of drug-likeness (QED) is 0.550. The Morgan fingerprint density at radius 2 is 1.76 bits per heavy atom. The number of halogens is 1. The number of hydrogen-bond donors (Lipinski definition) is 2. The molecule has 0 fully saturated rings. The van der Waals surface area contributed by atoms with Crippen molar-refractivity contribution in [3.63, 3.8) is 0 Å². The minimum atomic E-state index is -3.54. The Morgan fingerprint density at radius 3 is 2.29 bits per heavy atom. The summed E-state index contributed by atoms with van der Waals surface area (Å²) in [6.45, 7) is 3.80. The lowest BCUT2D eigenvalue weighted by molar-refractivity contribution is 0.0600. The monoisotopic (exact) mass is 336 g/mol. The van der Waals surface area contributed by atoms with Crippen LogP contribution in [0.4, 0.5) is 0 Å². The van der Waals surface area contributed by atoms with Crippen molar-refractivity contribution in [1.82, 2.24) is 10.0 Å². The van der Waals surface area contributed by atoms with E-state index in [0.29, 0.717) is 18.7 Å². The average molecular weight is 337 g/mol. The summed E-state index contributed by atoms with van der Waals surface area (Å²) in [5.41, 5.74) is 0.316. The van der Waals surface area contributed by atoms with Crippen LogP contribution < -0.4 is 10.0 Å². The van der Waals surface area contributed by atoms with Gasteiger partial charge in [-0.2, -0.15) is 0 Å². The molecule has 0 radical (unpaired) electrons. The van der Waals surface area contributed by atoms with Crippen molar-refractivity contribution < 1.29 is 17.9 Å². The summed E-state index contributed by atoms with van der Waals surface area (Å²) < 4.78 is 31.0. The summed E-state index contributed by atoms with van der Waals surface area (Å²) in [5.74, 6) is -0.495. The van der Waals surface area contributed by atoms with Crippen molar-refractivity contribution in [2.24, 2.45) is 0 Å². The largest absolute Gasteiger partial charge is 0.465 e. The molecule has 21 heavy (non-hydrogen) atoms. The molecule has 1 aromatic rings. The number of esters is 1. The van der Waals surface area contributed by atoms with Crippen LogP contribution in [-0.4, -0.2) is 41.1 Å². The van der Waals surface area contributed by atoms with E-state index >= 15 is 0 Å². The molecule has 2 N–H and O–H groups in total. The van der Waals surface area contributed by atoms with Crippen LogP contribution in [0.25, 0.3) is 0 Å². The van der Waals surface area contributed by atoms with Crippen LogP contribution >= 0.6 is 12.4 Å². The van der Waals surface area contributed by atoms with Crippen LogP contribution in [0.1, 0.15) is 23.7 Å². The fourth-order valence-electron chi connectivity index (χ4n) is 1.55. The van der Waals surface area contributed by atoms with Gasteiger partial charge in [0.15, 0.2) is 0 Å². The van der Waals surface area contributed by atoms with Gasteiger partial charge in [-0.1, -0.05) is 6.92 Å². The molecule has 6 nitrogen and oxygen atoms in total. The molecular weight excluding hydrogens is 316 g/mol. The first-order chi connectivity index (χ1) is 9.51. The third-order valence-electron chi connectivity index (χ3n) is 2.61. The van der Waals surface area contributed by atoms with Gasteiger partial charge in [0.05, 0.1) is 17.6 Å². The molecule has 0 saturated carbocycles. The summed E-state index contributed by atoms with van der Waals surface area (Å²) >= 11 is 0. The number of carbonyl (C=O) groups is 1. The Bertz CT molecular complexity index is 532. The fourth-order valence-corrected chi connectivity index (χ4v) is 2.58. The van der Waals surface area contributed by atoms with Crippen LogP contribution in [-0.2, 0) is 14.8 Å². The normalized spacial score (nSPS) is 10.8. The van der Waals surface area contributed by atoms with Crippen molar-refractivity contribution in [2.45, 2.75) is 18.2 Å². The molecule has 8 heteroatoms. The summed E-state index contributed by atoms with van der Waals surface area (Å²) in [5, 5.41) is 3.10. The second-order valence-electron chi connectivity index (χ2n) is 4.16. The van der Waals surface area contributed by atoms with E-state index in [1.165, 1.54) is 31.4 Å². The van der Waals surface area contributed by atoms with Crippen molar-refractivity contribution in [2.75, 3.05) is 26.7 Å². The smallest absolute Gasteiger partial charge is 0.337 e. The van der Waals surface area contributed by atoms with Gasteiger partial charge in [-0.15, -0.1) is 12.4 Å². The van der Waals surface area contributed by atoms with E-state index in [4.69, 9.17) is 0 Å². The predicted molar refractivity (Wildman–Crippen MR) is 83.4 cm³/mol. The molecule has 0 amide bonds. The molecule has 0 bridgehead atoms. The number of sulfonamides is 1.